The summed E-state index contributed by atoms with van der Waals surface area (Å²) in [5.41, 5.74) is 9.68. The third-order valence-electron chi connectivity index (χ3n) is 2.99. The van der Waals surface area contributed by atoms with Gasteiger partial charge in [0.25, 0.3) is 0 Å². The van der Waals surface area contributed by atoms with Crippen molar-refractivity contribution in [2.45, 2.75) is 13.5 Å². The number of benzene rings is 1. The number of fused-ring (bicyclic) bond motifs is 1. The van der Waals surface area contributed by atoms with Crippen LogP contribution in [0, 0.1) is 6.92 Å². The van der Waals surface area contributed by atoms with E-state index >= 15 is 0 Å². The highest BCUT2D eigenvalue weighted by atomic mass is 15.3. The SMILES string of the molecule is Cc1cc(Nc2ccc(CN)cc2)n2ncnc2c1. The van der Waals surface area contributed by atoms with Gasteiger partial charge in [0.05, 0.1) is 0 Å². The van der Waals surface area contributed by atoms with Crippen LogP contribution in [0.3, 0.4) is 0 Å². The maximum absolute atomic E-state index is 5.59. The number of pyridine rings is 1. The van der Waals surface area contributed by atoms with Crippen LogP contribution in [-0.2, 0) is 6.54 Å². The molecule has 0 bridgehead atoms. The molecule has 0 aliphatic heterocycles. The maximum atomic E-state index is 5.59. The molecule has 0 atom stereocenters. The van der Waals surface area contributed by atoms with Gasteiger partial charge in [0.15, 0.2) is 5.65 Å². The summed E-state index contributed by atoms with van der Waals surface area (Å²) >= 11 is 0. The Balaban J connectivity index is 1.97. The molecule has 5 heteroatoms. The van der Waals surface area contributed by atoms with E-state index in [0.29, 0.717) is 6.54 Å². The van der Waals surface area contributed by atoms with Crippen molar-refractivity contribution in [2.24, 2.45) is 5.73 Å². The van der Waals surface area contributed by atoms with Gasteiger partial charge in [-0.3, -0.25) is 0 Å². The molecular weight excluding hydrogens is 238 g/mol. The minimum atomic E-state index is 0.554. The summed E-state index contributed by atoms with van der Waals surface area (Å²) in [6.45, 7) is 2.59. The van der Waals surface area contributed by atoms with Crippen LogP contribution in [0.15, 0.2) is 42.7 Å². The number of aromatic nitrogens is 3. The molecular formula is C14H15N5. The van der Waals surface area contributed by atoms with E-state index in [1.54, 1.807) is 10.8 Å². The molecule has 0 fully saturated rings. The molecule has 3 aromatic rings. The normalized spacial score (nSPS) is 10.8. The Bertz CT molecular complexity index is 699. The molecule has 0 aliphatic carbocycles. The van der Waals surface area contributed by atoms with Crippen LogP contribution in [0.2, 0.25) is 0 Å². The fourth-order valence-corrected chi connectivity index (χ4v) is 2.02. The second kappa shape index (κ2) is 4.70. The monoisotopic (exact) mass is 253 g/mol. The Morgan fingerprint density at radius 3 is 2.74 bits per heavy atom. The summed E-state index contributed by atoms with van der Waals surface area (Å²) < 4.78 is 1.78. The first-order valence-electron chi connectivity index (χ1n) is 6.13. The van der Waals surface area contributed by atoms with E-state index in [0.717, 1.165) is 28.3 Å². The van der Waals surface area contributed by atoms with E-state index in [1.807, 2.05) is 43.3 Å². The predicted octanol–water partition coefficient (Wildman–Crippen LogP) is 2.24. The zero-order valence-electron chi connectivity index (χ0n) is 10.7. The molecule has 2 heterocycles. The van der Waals surface area contributed by atoms with E-state index in [9.17, 15) is 0 Å². The number of aryl methyl sites for hydroxylation is 1. The van der Waals surface area contributed by atoms with E-state index in [1.165, 1.54) is 0 Å². The van der Waals surface area contributed by atoms with Gasteiger partial charge in [0, 0.05) is 12.2 Å². The van der Waals surface area contributed by atoms with Crippen molar-refractivity contribution >= 4 is 17.2 Å². The lowest BCUT2D eigenvalue weighted by atomic mass is 10.2. The van der Waals surface area contributed by atoms with Crippen LogP contribution in [0.1, 0.15) is 11.1 Å². The Labute approximate surface area is 111 Å². The van der Waals surface area contributed by atoms with Crippen LogP contribution in [0.25, 0.3) is 5.65 Å². The molecule has 0 saturated carbocycles. The Morgan fingerprint density at radius 1 is 1.21 bits per heavy atom. The molecule has 1 aromatic carbocycles. The van der Waals surface area contributed by atoms with Crippen molar-refractivity contribution < 1.29 is 0 Å². The third-order valence-corrected chi connectivity index (χ3v) is 2.99. The summed E-state index contributed by atoms with van der Waals surface area (Å²) in [6.07, 6.45) is 1.55. The smallest absolute Gasteiger partial charge is 0.157 e. The first-order valence-corrected chi connectivity index (χ1v) is 6.13. The predicted molar refractivity (Wildman–Crippen MR) is 75.3 cm³/mol. The number of rotatable bonds is 3. The molecule has 0 spiro atoms. The Hall–Kier alpha value is -2.40. The average Bonchev–Trinajstić information content (AvgIpc) is 2.88. The Morgan fingerprint density at radius 2 is 2.00 bits per heavy atom. The highest BCUT2D eigenvalue weighted by Crippen LogP contribution is 2.19. The molecule has 2 aromatic heterocycles. The van der Waals surface area contributed by atoms with Crippen molar-refractivity contribution in [3.63, 3.8) is 0 Å². The van der Waals surface area contributed by atoms with Crippen LogP contribution in [-0.4, -0.2) is 14.6 Å². The highest BCUT2D eigenvalue weighted by molar-refractivity contribution is 5.61. The lowest BCUT2D eigenvalue weighted by molar-refractivity contribution is 0.965. The molecule has 3 rings (SSSR count). The van der Waals surface area contributed by atoms with E-state index in [4.69, 9.17) is 5.73 Å². The molecule has 0 aliphatic rings. The minimum Gasteiger partial charge on any atom is -0.340 e. The first-order chi connectivity index (χ1) is 9.26. The molecule has 0 saturated heterocycles. The van der Waals surface area contributed by atoms with Gasteiger partial charge < -0.3 is 11.1 Å². The largest absolute Gasteiger partial charge is 0.340 e. The fourth-order valence-electron chi connectivity index (χ4n) is 2.02. The minimum absolute atomic E-state index is 0.554. The Kier molecular flexibility index (Phi) is 2.89. The number of nitrogens with zero attached hydrogens (tertiary/aromatic N) is 3. The molecule has 5 nitrogen and oxygen atoms in total. The average molecular weight is 253 g/mol. The van der Waals surface area contributed by atoms with E-state index < -0.39 is 0 Å². The molecule has 0 radical (unpaired) electrons. The fraction of sp³-hybridized carbons (Fsp3) is 0.143. The van der Waals surface area contributed by atoms with Gasteiger partial charge in [0.1, 0.15) is 12.1 Å². The molecule has 96 valence electrons. The standard InChI is InChI=1S/C14H15N5/c1-10-6-13-16-9-17-19(13)14(7-10)18-12-4-2-11(8-15)3-5-12/h2-7,9,18H,8,15H2,1H3. The number of nitrogens with one attached hydrogen (secondary N) is 1. The van der Waals surface area contributed by atoms with Gasteiger partial charge >= 0.3 is 0 Å². The highest BCUT2D eigenvalue weighted by Gasteiger charge is 2.04. The van der Waals surface area contributed by atoms with Crippen molar-refractivity contribution in [2.75, 3.05) is 5.32 Å². The van der Waals surface area contributed by atoms with Gasteiger partial charge in [0.2, 0.25) is 0 Å². The molecule has 0 unspecified atom stereocenters. The summed E-state index contributed by atoms with van der Waals surface area (Å²) in [6, 6.07) is 12.1. The van der Waals surface area contributed by atoms with Gasteiger partial charge in [-0.2, -0.15) is 9.61 Å². The summed E-state index contributed by atoms with van der Waals surface area (Å²) in [7, 11) is 0. The number of nitrogens with two attached hydrogens (primary N) is 1. The zero-order valence-corrected chi connectivity index (χ0v) is 10.7. The van der Waals surface area contributed by atoms with Crippen LogP contribution < -0.4 is 11.1 Å². The van der Waals surface area contributed by atoms with Gasteiger partial charge in [-0.15, -0.1) is 0 Å². The zero-order chi connectivity index (χ0) is 13.2. The second-order valence-electron chi connectivity index (χ2n) is 4.47. The van der Waals surface area contributed by atoms with Crippen LogP contribution in [0.5, 0.6) is 0 Å². The summed E-state index contributed by atoms with van der Waals surface area (Å²) in [5.74, 6) is 0.896. The van der Waals surface area contributed by atoms with Crippen LogP contribution >= 0.6 is 0 Å². The number of hydrogen-bond acceptors (Lipinski definition) is 4. The molecule has 0 amide bonds. The van der Waals surface area contributed by atoms with Gasteiger partial charge in [-0.1, -0.05) is 12.1 Å². The summed E-state index contributed by atoms with van der Waals surface area (Å²) in [5, 5.41) is 7.56. The lowest BCUT2D eigenvalue weighted by Crippen LogP contribution is -2.01. The lowest BCUT2D eigenvalue weighted by Gasteiger charge is -2.09. The van der Waals surface area contributed by atoms with Gasteiger partial charge in [-0.05, 0) is 42.3 Å². The maximum Gasteiger partial charge on any atom is 0.157 e. The van der Waals surface area contributed by atoms with Crippen molar-refractivity contribution in [1.82, 2.24) is 14.6 Å². The summed E-state index contributed by atoms with van der Waals surface area (Å²) in [4.78, 5) is 4.20. The van der Waals surface area contributed by atoms with Crippen LogP contribution in [0.4, 0.5) is 11.5 Å². The van der Waals surface area contributed by atoms with Crippen molar-refractivity contribution in [3.05, 3.63) is 53.9 Å². The quantitative estimate of drug-likeness (QED) is 0.751. The second-order valence-corrected chi connectivity index (χ2v) is 4.47. The third kappa shape index (κ3) is 2.28. The molecule has 19 heavy (non-hydrogen) atoms. The van der Waals surface area contributed by atoms with Gasteiger partial charge in [-0.25, -0.2) is 4.98 Å². The van der Waals surface area contributed by atoms with Crippen molar-refractivity contribution in [3.8, 4) is 0 Å². The topological polar surface area (TPSA) is 68.2 Å². The number of anilines is 2. The molecule has 3 N–H and O–H groups in total. The first kappa shape index (κ1) is 11.7. The van der Waals surface area contributed by atoms with Crippen molar-refractivity contribution in [1.29, 1.82) is 0 Å². The van der Waals surface area contributed by atoms with E-state index in [-0.39, 0.29) is 0 Å². The van der Waals surface area contributed by atoms with E-state index in [2.05, 4.69) is 15.4 Å². The number of hydrogen-bond donors (Lipinski definition) is 2.